The van der Waals surface area contributed by atoms with Crippen LogP contribution in [0.2, 0.25) is 19.6 Å². The maximum absolute atomic E-state index is 12.0. The quantitative estimate of drug-likeness (QED) is 0.818. The molecule has 1 aromatic rings. The van der Waals surface area contributed by atoms with Crippen molar-refractivity contribution in [1.29, 1.82) is 0 Å². The first-order chi connectivity index (χ1) is 7.44. The van der Waals surface area contributed by atoms with Gasteiger partial charge in [0.2, 0.25) is 5.91 Å². The molecule has 1 aromatic carbocycles. The summed E-state index contributed by atoms with van der Waals surface area (Å²) in [4.78, 5) is 15.1. The molecule has 1 amide bonds. The number of carbonyl (C=O) groups excluding carboxylic acids is 1. The minimum Gasteiger partial charge on any atom is -0.493 e. The number of rotatable bonds is 4. The van der Waals surface area contributed by atoms with Crippen molar-refractivity contribution >= 4 is 14.1 Å². The zero-order valence-corrected chi connectivity index (χ0v) is 11.3. The number of ether oxygens (including phenoxy) is 1. The van der Waals surface area contributed by atoms with E-state index >= 15 is 0 Å². The van der Waals surface area contributed by atoms with Gasteiger partial charge < -0.3 is 9.72 Å². The van der Waals surface area contributed by atoms with Gasteiger partial charge in [-0.1, -0.05) is 31.8 Å². The molecule has 16 heavy (non-hydrogen) atoms. The Morgan fingerprint density at radius 3 is 2.50 bits per heavy atom. The van der Waals surface area contributed by atoms with Crippen molar-refractivity contribution in [2.75, 3.05) is 6.61 Å². The topological polar surface area (TPSA) is 38.3 Å². The lowest BCUT2D eigenvalue weighted by atomic mass is 10.2. The Hall–Kier alpha value is -1.29. The van der Waals surface area contributed by atoms with E-state index in [1.807, 2.05) is 25.1 Å². The highest BCUT2D eigenvalue weighted by Crippen LogP contribution is 2.18. The van der Waals surface area contributed by atoms with Crippen LogP contribution < -0.4 is 9.72 Å². The molecule has 4 heteroatoms. The molecular formula is C12H19NO2Si. The summed E-state index contributed by atoms with van der Waals surface area (Å²) in [6.45, 7) is 8.75. The lowest BCUT2D eigenvalue weighted by Gasteiger charge is -2.19. The lowest BCUT2D eigenvalue weighted by Crippen LogP contribution is -2.45. The minimum atomic E-state index is -1.60. The maximum Gasteiger partial charge on any atom is 0.247 e. The first kappa shape index (κ1) is 12.8. The van der Waals surface area contributed by atoms with Crippen LogP contribution in [-0.4, -0.2) is 20.7 Å². The van der Waals surface area contributed by atoms with Crippen LogP contribution in [0.5, 0.6) is 5.75 Å². The van der Waals surface area contributed by atoms with Crippen molar-refractivity contribution in [1.82, 2.24) is 4.98 Å². The number of nitrogens with one attached hydrogen (secondary N) is 1. The molecule has 0 fully saturated rings. The molecule has 3 nitrogen and oxygen atoms in total. The smallest absolute Gasteiger partial charge is 0.247 e. The van der Waals surface area contributed by atoms with Gasteiger partial charge in [-0.25, -0.2) is 0 Å². The van der Waals surface area contributed by atoms with Crippen molar-refractivity contribution in [2.45, 2.75) is 26.6 Å². The Morgan fingerprint density at radius 1 is 1.31 bits per heavy atom. The fourth-order valence-corrected chi connectivity index (χ4v) is 2.16. The molecule has 0 unspecified atom stereocenters. The standard InChI is InChI=1S/C12H19NO2Si/c1-5-15-11-9-7-6-8-10(11)12(14)13-16(2,3)4/h6-9H,5H2,1-4H3,(H,13,14). The summed E-state index contributed by atoms with van der Waals surface area (Å²) < 4.78 is 5.43. The molecule has 0 aliphatic heterocycles. The second-order valence-electron chi connectivity index (χ2n) is 4.63. The summed E-state index contributed by atoms with van der Waals surface area (Å²) in [5, 5.41) is 0. The van der Waals surface area contributed by atoms with Gasteiger partial charge in [0, 0.05) is 0 Å². The third-order valence-corrected chi connectivity index (χ3v) is 2.90. The Balaban J connectivity index is 2.90. The zero-order chi connectivity index (χ0) is 12.2. The Bertz CT molecular complexity index is 372. The van der Waals surface area contributed by atoms with Gasteiger partial charge >= 0.3 is 0 Å². The van der Waals surface area contributed by atoms with Crippen LogP contribution in [-0.2, 0) is 0 Å². The molecule has 1 rings (SSSR count). The van der Waals surface area contributed by atoms with E-state index in [0.717, 1.165) is 0 Å². The van der Waals surface area contributed by atoms with Gasteiger partial charge in [0.05, 0.1) is 12.2 Å². The Morgan fingerprint density at radius 2 is 1.94 bits per heavy atom. The van der Waals surface area contributed by atoms with E-state index in [4.69, 9.17) is 4.74 Å². The highest BCUT2D eigenvalue weighted by Gasteiger charge is 2.19. The van der Waals surface area contributed by atoms with Crippen LogP contribution >= 0.6 is 0 Å². The van der Waals surface area contributed by atoms with Gasteiger partial charge in [0.1, 0.15) is 14.0 Å². The highest BCUT2D eigenvalue weighted by atomic mass is 28.3. The molecule has 88 valence electrons. The molecular weight excluding hydrogens is 218 g/mol. The predicted molar refractivity (Wildman–Crippen MR) is 68.4 cm³/mol. The van der Waals surface area contributed by atoms with E-state index in [9.17, 15) is 4.79 Å². The Kier molecular flexibility index (Phi) is 4.12. The normalized spacial score (nSPS) is 11.0. The van der Waals surface area contributed by atoms with Gasteiger partial charge in [0.15, 0.2) is 0 Å². The molecule has 0 saturated heterocycles. The summed E-state index contributed by atoms with van der Waals surface area (Å²) in [6, 6.07) is 7.33. The first-order valence-electron chi connectivity index (χ1n) is 5.48. The van der Waals surface area contributed by atoms with Gasteiger partial charge in [-0.2, -0.15) is 0 Å². The predicted octanol–water partition coefficient (Wildman–Crippen LogP) is 2.65. The molecule has 0 radical (unpaired) electrons. The molecule has 0 aliphatic rings. The van der Waals surface area contributed by atoms with Crippen LogP contribution in [0.15, 0.2) is 24.3 Å². The van der Waals surface area contributed by atoms with Crippen molar-refractivity contribution in [3.63, 3.8) is 0 Å². The molecule has 0 aliphatic carbocycles. The van der Waals surface area contributed by atoms with Gasteiger partial charge in [-0.05, 0) is 19.1 Å². The van der Waals surface area contributed by atoms with Gasteiger partial charge in [-0.15, -0.1) is 0 Å². The summed E-state index contributed by atoms with van der Waals surface area (Å²) >= 11 is 0. The van der Waals surface area contributed by atoms with E-state index in [1.165, 1.54) is 0 Å². The van der Waals surface area contributed by atoms with E-state index in [-0.39, 0.29) is 5.91 Å². The summed E-state index contributed by atoms with van der Waals surface area (Å²) in [5.41, 5.74) is 0.617. The third-order valence-electron chi connectivity index (χ3n) is 1.92. The second kappa shape index (κ2) is 5.16. The molecule has 0 atom stereocenters. The molecule has 1 N–H and O–H groups in total. The summed E-state index contributed by atoms with van der Waals surface area (Å²) in [5.74, 6) is 0.615. The number of para-hydroxylation sites is 1. The fraction of sp³-hybridized carbons (Fsp3) is 0.417. The van der Waals surface area contributed by atoms with Crippen LogP contribution in [0.4, 0.5) is 0 Å². The summed E-state index contributed by atoms with van der Waals surface area (Å²) in [6.07, 6.45) is 0. The number of hydrogen-bond acceptors (Lipinski definition) is 2. The van der Waals surface area contributed by atoms with E-state index in [0.29, 0.717) is 17.9 Å². The van der Waals surface area contributed by atoms with Crippen molar-refractivity contribution in [2.24, 2.45) is 0 Å². The van der Waals surface area contributed by atoms with Crippen molar-refractivity contribution < 1.29 is 9.53 Å². The van der Waals surface area contributed by atoms with E-state index in [1.54, 1.807) is 6.07 Å². The van der Waals surface area contributed by atoms with Gasteiger partial charge in [-0.3, -0.25) is 4.79 Å². The SMILES string of the molecule is CCOc1ccccc1C(=O)N[Si](C)(C)C. The van der Waals surface area contributed by atoms with E-state index < -0.39 is 8.24 Å². The number of benzene rings is 1. The molecule has 0 bridgehead atoms. The lowest BCUT2D eigenvalue weighted by molar-refractivity contribution is 0.0974. The van der Waals surface area contributed by atoms with Crippen LogP contribution in [0.1, 0.15) is 17.3 Å². The third kappa shape index (κ3) is 3.70. The average Bonchev–Trinajstić information content (AvgIpc) is 2.16. The van der Waals surface area contributed by atoms with Crippen molar-refractivity contribution in [3.8, 4) is 5.75 Å². The molecule has 0 heterocycles. The monoisotopic (exact) mass is 237 g/mol. The summed E-state index contributed by atoms with van der Waals surface area (Å²) in [7, 11) is -1.60. The van der Waals surface area contributed by atoms with E-state index in [2.05, 4.69) is 24.6 Å². The largest absolute Gasteiger partial charge is 0.493 e. The highest BCUT2D eigenvalue weighted by molar-refractivity contribution is 6.76. The number of carbonyl (C=O) groups is 1. The second-order valence-corrected chi connectivity index (χ2v) is 9.38. The van der Waals surface area contributed by atoms with Gasteiger partial charge in [0.25, 0.3) is 0 Å². The number of hydrogen-bond donors (Lipinski definition) is 1. The fourth-order valence-electron chi connectivity index (χ4n) is 1.34. The number of amides is 1. The zero-order valence-electron chi connectivity index (χ0n) is 10.3. The Labute approximate surface area is 97.9 Å². The van der Waals surface area contributed by atoms with Crippen LogP contribution in [0.25, 0.3) is 0 Å². The minimum absolute atomic E-state index is 0.0387. The van der Waals surface area contributed by atoms with Crippen LogP contribution in [0, 0.1) is 0 Å². The maximum atomic E-state index is 12.0. The first-order valence-corrected chi connectivity index (χ1v) is 8.98. The van der Waals surface area contributed by atoms with Crippen LogP contribution in [0.3, 0.4) is 0 Å². The average molecular weight is 237 g/mol. The molecule has 0 spiro atoms. The van der Waals surface area contributed by atoms with Crippen molar-refractivity contribution in [3.05, 3.63) is 29.8 Å². The molecule has 0 saturated carbocycles. The molecule has 0 aromatic heterocycles.